The van der Waals surface area contributed by atoms with Gasteiger partial charge in [-0.1, -0.05) is 18.5 Å². The first-order valence-corrected chi connectivity index (χ1v) is 6.53. The van der Waals surface area contributed by atoms with Crippen molar-refractivity contribution in [3.05, 3.63) is 28.8 Å². The highest BCUT2D eigenvalue weighted by Gasteiger charge is 2.22. The summed E-state index contributed by atoms with van der Waals surface area (Å²) >= 11 is 6.01. The molecule has 1 heterocycles. The second-order valence-corrected chi connectivity index (χ2v) is 4.85. The Kier molecular flexibility index (Phi) is 4.26. The second-order valence-electron chi connectivity index (χ2n) is 4.41. The van der Waals surface area contributed by atoms with E-state index in [1.165, 1.54) is 0 Å². The molecule has 0 saturated carbocycles. The number of rotatable bonds is 3. The standard InChI is InChI=1S/C13H19ClN2O/c1-2-12(16-7-5-15-6-8-16)11-9-10(14)3-4-13(11)17/h3-4,9,12,15,17H,2,5-8H2,1H3/t12-/m0/s1. The van der Waals surface area contributed by atoms with E-state index in [0.29, 0.717) is 10.8 Å². The minimum absolute atomic E-state index is 0.260. The zero-order valence-corrected chi connectivity index (χ0v) is 10.9. The summed E-state index contributed by atoms with van der Waals surface area (Å²) in [6.45, 7) is 6.21. The number of nitrogens with one attached hydrogen (secondary N) is 1. The Balaban J connectivity index is 2.24. The third-order valence-electron chi connectivity index (χ3n) is 3.33. The smallest absolute Gasteiger partial charge is 0.120 e. The topological polar surface area (TPSA) is 35.5 Å². The number of hydrogen-bond acceptors (Lipinski definition) is 3. The SMILES string of the molecule is CC[C@@H](c1cc(Cl)ccc1O)N1CCNCC1. The van der Waals surface area contributed by atoms with Crippen LogP contribution >= 0.6 is 11.6 Å². The molecule has 0 unspecified atom stereocenters. The molecular formula is C13H19ClN2O. The summed E-state index contributed by atoms with van der Waals surface area (Å²) in [6.07, 6.45) is 0.980. The predicted molar refractivity (Wildman–Crippen MR) is 70.6 cm³/mol. The Morgan fingerprint density at radius 2 is 2.12 bits per heavy atom. The maximum absolute atomic E-state index is 9.97. The molecule has 0 aliphatic carbocycles. The van der Waals surface area contributed by atoms with Crippen LogP contribution in [0.5, 0.6) is 5.75 Å². The van der Waals surface area contributed by atoms with E-state index >= 15 is 0 Å². The Labute approximate surface area is 107 Å². The molecule has 0 aromatic heterocycles. The van der Waals surface area contributed by atoms with Crippen molar-refractivity contribution in [1.29, 1.82) is 0 Å². The zero-order valence-electron chi connectivity index (χ0n) is 10.1. The van der Waals surface area contributed by atoms with E-state index in [1.54, 1.807) is 12.1 Å². The number of benzene rings is 1. The van der Waals surface area contributed by atoms with Crippen LogP contribution < -0.4 is 5.32 Å². The highest BCUT2D eigenvalue weighted by molar-refractivity contribution is 6.30. The Morgan fingerprint density at radius 1 is 1.41 bits per heavy atom. The van der Waals surface area contributed by atoms with Gasteiger partial charge in [-0.05, 0) is 24.6 Å². The van der Waals surface area contributed by atoms with Crippen LogP contribution in [0.1, 0.15) is 24.9 Å². The summed E-state index contributed by atoms with van der Waals surface area (Å²) in [6, 6.07) is 5.55. The van der Waals surface area contributed by atoms with E-state index in [0.717, 1.165) is 38.2 Å². The van der Waals surface area contributed by atoms with E-state index < -0.39 is 0 Å². The first-order chi connectivity index (χ1) is 8.22. The molecule has 0 amide bonds. The third-order valence-corrected chi connectivity index (χ3v) is 3.56. The molecule has 0 spiro atoms. The lowest BCUT2D eigenvalue weighted by Crippen LogP contribution is -2.45. The molecule has 1 saturated heterocycles. The van der Waals surface area contributed by atoms with Crippen molar-refractivity contribution in [2.24, 2.45) is 0 Å². The van der Waals surface area contributed by atoms with E-state index in [4.69, 9.17) is 11.6 Å². The summed E-state index contributed by atoms with van der Waals surface area (Å²) in [5.41, 5.74) is 0.946. The van der Waals surface area contributed by atoms with Gasteiger partial charge in [-0.2, -0.15) is 0 Å². The lowest BCUT2D eigenvalue weighted by Gasteiger charge is -2.35. The molecule has 1 aromatic carbocycles. The number of phenols is 1. The number of hydrogen-bond donors (Lipinski definition) is 2. The van der Waals surface area contributed by atoms with Gasteiger partial charge in [0.15, 0.2) is 0 Å². The quantitative estimate of drug-likeness (QED) is 0.870. The minimum atomic E-state index is 0.260. The van der Waals surface area contributed by atoms with Gasteiger partial charge in [0.25, 0.3) is 0 Å². The monoisotopic (exact) mass is 254 g/mol. The fourth-order valence-corrected chi connectivity index (χ4v) is 2.64. The number of halogens is 1. The van der Waals surface area contributed by atoms with Gasteiger partial charge >= 0.3 is 0 Å². The number of piperazine rings is 1. The largest absolute Gasteiger partial charge is 0.508 e. The van der Waals surface area contributed by atoms with Gasteiger partial charge in [-0.3, -0.25) is 4.90 Å². The summed E-state index contributed by atoms with van der Waals surface area (Å²) in [7, 11) is 0. The molecule has 0 radical (unpaired) electrons. The number of nitrogens with zero attached hydrogens (tertiary/aromatic N) is 1. The van der Waals surface area contributed by atoms with Crippen LogP contribution in [-0.4, -0.2) is 36.2 Å². The fraction of sp³-hybridized carbons (Fsp3) is 0.538. The van der Waals surface area contributed by atoms with Crippen LogP contribution in [-0.2, 0) is 0 Å². The Hall–Kier alpha value is -0.770. The van der Waals surface area contributed by atoms with Crippen molar-refractivity contribution in [2.45, 2.75) is 19.4 Å². The highest BCUT2D eigenvalue weighted by Crippen LogP contribution is 2.33. The molecule has 0 bridgehead atoms. The molecule has 1 aromatic rings. The summed E-state index contributed by atoms with van der Waals surface area (Å²) < 4.78 is 0. The van der Waals surface area contributed by atoms with Gasteiger partial charge < -0.3 is 10.4 Å². The summed E-state index contributed by atoms with van der Waals surface area (Å²) in [5, 5.41) is 14.0. The first-order valence-electron chi connectivity index (χ1n) is 6.15. The fourth-order valence-electron chi connectivity index (χ4n) is 2.46. The van der Waals surface area contributed by atoms with E-state index in [9.17, 15) is 5.11 Å². The van der Waals surface area contributed by atoms with Crippen LogP contribution in [0.3, 0.4) is 0 Å². The molecule has 1 aliphatic heterocycles. The van der Waals surface area contributed by atoms with Crippen LogP contribution in [0.4, 0.5) is 0 Å². The molecule has 4 heteroatoms. The van der Waals surface area contributed by atoms with Crippen molar-refractivity contribution in [3.63, 3.8) is 0 Å². The van der Waals surface area contributed by atoms with Crippen LogP contribution in [0.2, 0.25) is 5.02 Å². The minimum Gasteiger partial charge on any atom is -0.508 e. The van der Waals surface area contributed by atoms with E-state index in [1.807, 2.05) is 6.07 Å². The van der Waals surface area contributed by atoms with Gasteiger partial charge in [0.2, 0.25) is 0 Å². The Bertz CT molecular complexity index is 378. The average molecular weight is 255 g/mol. The maximum atomic E-state index is 9.97. The zero-order chi connectivity index (χ0) is 12.3. The summed E-state index contributed by atoms with van der Waals surface area (Å²) in [4.78, 5) is 2.40. The molecule has 1 fully saturated rings. The van der Waals surface area contributed by atoms with Gasteiger partial charge in [0.1, 0.15) is 5.75 Å². The molecule has 94 valence electrons. The predicted octanol–water partition coefficient (Wildman–Crippen LogP) is 2.40. The third kappa shape index (κ3) is 2.92. The Morgan fingerprint density at radius 3 is 2.76 bits per heavy atom. The van der Waals surface area contributed by atoms with Crippen molar-refractivity contribution < 1.29 is 5.11 Å². The van der Waals surface area contributed by atoms with Crippen LogP contribution in [0.15, 0.2) is 18.2 Å². The van der Waals surface area contributed by atoms with Crippen molar-refractivity contribution >= 4 is 11.6 Å². The van der Waals surface area contributed by atoms with Crippen molar-refractivity contribution in [1.82, 2.24) is 10.2 Å². The number of aromatic hydroxyl groups is 1. The lowest BCUT2D eigenvalue weighted by atomic mass is 10.0. The molecule has 1 aliphatic rings. The second kappa shape index (κ2) is 5.71. The average Bonchev–Trinajstić information content (AvgIpc) is 2.36. The molecule has 2 N–H and O–H groups in total. The first kappa shape index (κ1) is 12.7. The van der Waals surface area contributed by atoms with Gasteiger partial charge in [0.05, 0.1) is 0 Å². The van der Waals surface area contributed by atoms with Gasteiger partial charge in [-0.15, -0.1) is 0 Å². The molecule has 3 nitrogen and oxygen atoms in total. The van der Waals surface area contributed by atoms with Crippen molar-refractivity contribution in [2.75, 3.05) is 26.2 Å². The maximum Gasteiger partial charge on any atom is 0.120 e. The van der Waals surface area contributed by atoms with Crippen molar-refractivity contribution in [3.8, 4) is 5.75 Å². The molecule has 2 rings (SSSR count). The normalized spacial score (nSPS) is 19.2. The number of phenolic OH excluding ortho intramolecular Hbond substituents is 1. The summed E-state index contributed by atoms with van der Waals surface area (Å²) in [5.74, 6) is 0.347. The van der Waals surface area contributed by atoms with Crippen LogP contribution in [0, 0.1) is 0 Å². The van der Waals surface area contributed by atoms with E-state index in [2.05, 4.69) is 17.1 Å². The molecule has 17 heavy (non-hydrogen) atoms. The highest BCUT2D eigenvalue weighted by atomic mass is 35.5. The van der Waals surface area contributed by atoms with E-state index in [-0.39, 0.29) is 6.04 Å². The molecule has 1 atom stereocenters. The van der Waals surface area contributed by atoms with Crippen LogP contribution in [0.25, 0.3) is 0 Å². The van der Waals surface area contributed by atoms with Gasteiger partial charge in [0, 0.05) is 42.8 Å². The lowest BCUT2D eigenvalue weighted by molar-refractivity contribution is 0.167. The van der Waals surface area contributed by atoms with Gasteiger partial charge in [-0.25, -0.2) is 0 Å². The molecular weight excluding hydrogens is 236 g/mol.